The van der Waals surface area contributed by atoms with Crippen molar-refractivity contribution in [2.75, 3.05) is 39.6 Å². The Hall–Kier alpha value is -2.99. The Kier molecular flexibility index (Phi) is 6.77. The normalized spacial score (nSPS) is 32.1. The number of aliphatic hydroxyl groups is 3. The number of Topliss-reactive ketones (excluding diaryl/α,β-unsaturated/α-hetero) is 2. The summed E-state index contributed by atoms with van der Waals surface area (Å²) in [5.74, 6) is -6.64. The monoisotopic (exact) mass is 542 g/mol. The third kappa shape index (κ3) is 4.14. The van der Waals surface area contributed by atoms with Crippen LogP contribution in [0.3, 0.4) is 0 Å². The van der Waals surface area contributed by atoms with E-state index in [0.717, 1.165) is 12.2 Å². The lowest BCUT2D eigenvalue weighted by molar-refractivity contribution is -0.178. The number of aromatic hydroxyl groups is 1. The van der Waals surface area contributed by atoms with Crippen LogP contribution < -0.4 is 16.0 Å². The Balaban J connectivity index is 1.64. The quantitative estimate of drug-likeness (QED) is 0.254. The number of aliphatic hydroxyl groups excluding tert-OH is 2. The summed E-state index contributed by atoms with van der Waals surface area (Å²) in [5.41, 5.74) is 4.68. The van der Waals surface area contributed by atoms with Crippen LogP contribution in [0.4, 0.5) is 5.69 Å². The number of nitrogens with zero attached hydrogens (tertiary/aromatic N) is 2. The van der Waals surface area contributed by atoms with Crippen molar-refractivity contribution in [2.24, 2.45) is 29.4 Å². The highest BCUT2D eigenvalue weighted by molar-refractivity contribution is 6.16. The second-order valence-electron chi connectivity index (χ2n) is 12.0. The molecule has 4 aliphatic carbocycles. The number of hydrogen-bond acceptors (Lipinski definition) is 10. The lowest BCUT2D eigenvalue weighted by Crippen LogP contribution is -2.71. The van der Waals surface area contributed by atoms with Crippen molar-refractivity contribution in [1.29, 1.82) is 0 Å². The summed E-state index contributed by atoms with van der Waals surface area (Å²) in [7, 11) is 6.98. The van der Waals surface area contributed by atoms with Gasteiger partial charge in [-0.1, -0.05) is 0 Å². The van der Waals surface area contributed by atoms with Crippen LogP contribution in [0.25, 0.3) is 0 Å². The highest BCUT2D eigenvalue weighted by atomic mass is 16.3. The molecule has 1 amide bonds. The fourth-order valence-electron chi connectivity index (χ4n) is 6.97. The van der Waals surface area contributed by atoms with Gasteiger partial charge < -0.3 is 41.3 Å². The molecule has 2 saturated carbocycles. The van der Waals surface area contributed by atoms with Crippen LogP contribution in [-0.4, -0.2) is 95.3 Å². The minimum atomic E-state index is -2.59. The summed E-state index contributed by atoms with van der Waals surface area (Å²) in [6.45, 7) is 1.16. The van der Waals surface area contributed by atoms with E-state index in [0.29, 0.717) is 23.6 Å². The predicted octanol–water partition coefficient (Wildman–Crippen LogP) is -0.149. The third-order valence-electron chi connectivity index (χ3n) is 9.08. The first-order valence-electron chi connectivity index (χ1n) is 13.4. The van der Waals surface area contributed by atoms with Crippen molar-refractivity contribution in [1.82, 2.24) is 10.2 Å². The van der Waals surface area contributed by atoms with Gasteiger partial charge in [-0.15, -0.1) is 0 Å². The molecule has 3 unspecified atom stereocenters. The first-order valence-corrected chi connectivity index (χ1v) is 13.4. The van der Waals surface area contributed by atoms with Crippen molar-refractivity contribution < 1.29 is 34.8 Å². The molecule has 5 rings (SSSR count). The smallest absolute Gasteiger partial charge is 0.230 e. The van der Waals surface area contributed by atoms with E-state index in [2.05, 4.69) is 5.32 Å². The maximum atomic E-state index is 14.0. The minimum Gasteiger partial charge on any atom is -0.508 e. The minimum absolute atomic E-state index is 0.0446. The zero-order valence-electron chi connectivity index (χ0n) is 22.8. The molecule has 212 valence electrons. The van der Waals surface area contributed by atoms with Crippen LogP contribution in [0.1, 0.15) is 40.7 Å². The van der Waals surface area contributed by atoms with E-state index in [9.17, 15) is 34.8 Å². The SMILES string of the molecule is CN(C)c1cc(CNCC2CC2)c(O)c2c1C[C@H]1C[C@H]3C(N(C)C)C(O)C(C(N)=O)C(=O)[C@@]3(O)C(O)=C1C2=O. The number of carbonyl (C=O) groups excluding carboxylic acids is 3. The van der Waals surface area contributed by atoms with E-state index in [4.69, 9.17) is 5.73 Å². The van der Waals surface area contributed by atoms with Crippen molar-refractivity contribution in [3.05, 3.63) is 34.1 Å². The average Bonchev–Trinajstić information content (AvgIpc) is 3.66. The van der Waals surface area contributed by atoms with Crippen molar-refractivity contribution >= 4 is 23.2 Å². The fourth-order valence-corrected chi connectivity index (χ4v) is 6.97. The van der Waals surface area contributed by atoms with Gasteiger partial charge in [-0.3, -0.25) is 14.4 Å². The summed E-state index contributed by atoms with van der Waals surface area (Å²) in [4.78, 5) is 43.2. The summed E-state index contributed by atoms with van der Waals surface area (Å²) in [6.07, 6.45) is 1.21. The van der Waals surface area contributed by atoms with Gasteiger partial charge in [0.1, 0.15) is 17.4 Å². The van der Waals surface area contributed by atoms with E-state index < -0.39 is 58.7 Å². The number of phenols is 1. The van der Waals surface area contributed by atoms with Crippen molar-refractivity contribution in [3.8, 4) is 5.75 Å². The van der Waals surface area contributed by atoms with Crippen LogP contribution in [0.2, 0.25) is 0 Å². The van der Waals surface area contributed by atoms with Crippen LogP contribution >= 0.6 is 0 Å². The second kappa shape index (κ2) is 9.58. The highest BCUT2D eigenvalue weighted by Gasteiger charge is 2.66. The molecule has 0 bridgehead atoms. The summed E-state index contributed by atoms with van der Waals surface area (Å²) >= 11 is 0. The molecule has 2 fully saturated rings. The number of benzene rings is 1. The molecule has 4 aliphatic rings. The first-order chi connectivity index (χ1) is 18.3. The number of nitrogens with two attached hydrogens (primary N) is 1. The van der Waals surface area contributed by atoms with E-state index >= 15 is 0 Å². The predicted molar refractivity (Wildman–Crippen MR) is 142 cm³/mol. The molecule has 0 heterocycles. The lowest BCUT2D eigenvalue weighted by Gasteiger charge is -2.53. The Labute approximate surface area is 227 Å². The number of anilines is 1. The zero-order valence-corrected chi connectivity index (χ0v) is 22.8. The number of allylic oxidation sites excluding steroid dienone is 1. The summed E-state index contributed by atoms with van der Waals surface area (Å²) in [6, 6.07) is 0.968. The molecule has 1 aromatic carbocycles. The Bertz CT molecular complexity index is 1270. The number of primary amides is 1. The maximum Gasteiger partial charge on any atom is 0.230 e. The zero-order chi connectivity index (χ0) is 28.5. The summed E-state index contributed by atoms with van der Waals surface area (Å²) < 4.78 is 0. The van der Waals surface area contributed by atoms with E-state index in [-0.39, 0.29) is 29.7 Å². The van der Waals surface area contributed by atoms with Gasteiger partial charge in [0.15, 0.2) is 17.2 Å². The van der Waals surface area contributed by atoms with E-state index in [1.54, 1.807) is 19.0 Å². The Morgan fingerprint density at radius 1 is 1.18 bits per heavy atom. The van der Waals surface area contributed by atoms with Crippen molar-refractivity contribution in [2.45, 2.75) is 50.0 Å². The van der Waals surface area contributed by atoms with Gasteiger partial charge in [-0.25, -0.2) is 0 Å². The molecule has 1 aromatic rings. The molecule has 0 aromatic heterocycles. The number of hydrogen-bond donors (Lipinski definition) is 6. The number of ketones is 2. The number of phenolic OH excluding ortho intramolecular Hbond substituents is 1. The van der Waals surface area contributed by atoms with Gasteiger partial charge in [0, 0.05) is 49.4 Å². The first kappa shape index (κ1) is 27.6. The molecule has 0 spiro atoms. The van der Waals surface area contributed by atoms with Gasteiger partial charge in [-0.05, 0) is 69.8 Å². The molecule has 11 heteroatoms. The number of likely N-dealkylation sites (N-methyl/N-ethyl adjacent to an activating group) is 1. The molecular weight excluding hydrogens is 504 g/mol. The topological polar surface area (TPSA) is 177 Å². The Morgan fingerprint density at radius 2 is 1.85 bits per heavy atom. The number of nitrogens with one attached hydrogen (secondary N) is 1. The van der Waals surface area contributed by atoms with Crippen molar-refractivity contribution in [3.63, 3.8) is 0 Å². The summed E-state index contributed by atoms with van der Waals surface area (Å²) in [5, 5.41) is 48.9. The molecule has 6 atom stereocenters. The third-order valence-corrected chi connectivity index (χ3v) is 9.08. The second-order valence-corrected chi connectivity index (χ2v) is 12.0. The van der Waals surface area contributed by atoms with Gasteiger partial charge in [0.2, 0.25) is 5.91 Å². The Morgan fingerprint density at radius 3 is 2.41 bits per heavy atom. The van der Waals surface area contributed by atoms with Crippen LogP contribution in [0.5, 0.6) is 5.75 Å². The molecule has 0 radical (unpaired) electrons. The average molecular weight is 543 g/mol. The fraction of sp³-hybridized carbons (Fsp3) is 0.607. The largest absolute Gasteiger partial charge is 0.508 e. The molecule has 7 N–H and O–H groups in total. The number of rotatable bonds is 7. The number of fused-ring (bicyclic) bond motifs is 3. The molecule has 39 heavy (non-hydrogen) atoms. The molecular formula is C28H38N4O7. The number of carbonyl (C=O) groups is 3. The number of amides is 1. The van der Waals surface area contributed by atoms with Gasteiger partial charge in [0.25, 0.3) is 0 Å². The van der Waals surface area contributed by atoms with E-state index in [1.807, 2.05) is 25.1 Å². The standard InChI is InChI=1S/C28H38N4O7/c1-31(2)17-9-14(11-30-10-12-5-6-12)22(33)19-15(17)7-13-8-16-21(32(3)4)24(35)20(27(29)38)26(37)28(16,39)25(36)18(13)23(19)34/h9,12-13,16,20-21,24,30,33,35-36,39H,5-8,10-11H2,1-4H3,(H2,29,38)/t13-,16-,20?,21?,24?,28-/m0/s1. The maximum absolute atomic E-state index is 14.0. The molecule has 11 nitrogen and oxygen atoms in total. The van der Waals surface area contributed by atoms with Crippen LogP contribution in [-0.2, 0) is 22.6 Å². The van der Waals surface area contributed by atoms with Gasteiger partial charge >= 0.3 is 0 Å². The molecule has 0 saturated heterocycles. The highest BCUT2D eigenvalue weighted by Crippen LogP contribution is 2.53. The molecule has 0 aliphatic heterocycles. The van der Waals surface area contributed by atoms with Crippen LogP contribution in [0.15, 0.2) is 17.4 Å². The van der Waals surface area contributed by atoms with Crippen LogP contribution in [0, 0.1) is 23.7 Å². The lowest BCUT2D eigenvalue weighted by atomic mass is 9.56. The van der Waals surface area contributed by atoms with Gasteiger partial charge in [-0.2, -0.15) is 0 Å². The van der Waals surface area contributed by atoms with E-state index in [1.165, 1.54) is 12.8 Å². The van der Waals surface area contributed by atoms with Gasteiger partial charge in [0.05, 0.1) is 11.7 Å².